The lowest BCUT2D eigenvalue weighted by Gasteiger charge is -1.89. The highest BCUT2D eigenvalue weighted by Crippen LogP contribution is 1.99. The van der Waals surface area contributed by atoms with Crippen LogP contribution in [0.3, 0.4) is 0 Å². The van der Waals surface area contributed by atoms with Crippen molar-refractivity contribution >= 4 is 0 Å². The highest BCUT2D eigenvalue weighted by molar-refractivity contribution is 5.12. The third kappa shape index (κ3) is 4.73. The Labute approximate surface area is 75.0 Å². The van der Waals surface area contributed by atoms with Crippen molar-refractivity contribution in [3.63, 3.8) is 0 Å². The van der Waals surface area contributed by atoms with E-state index in [-0.39, 0.29) is 0 Å². The van der Waals surface area contributed by atoms with Crippen LogP contribution in [0.1, 0.15) is 19.3 Å². The zero-order valence-electron chi connectivity index (χ0n) is 7.32. The van der Waals surface area contributed by atoms with Gasteiger partial charge in [0.1, 0.15) is 0 Å². The van der Waals surface area contributed by atoms with E-state index in [2.05, 4.69) is 55.0 Å². The smallest absolute Gasteiger partial charge is 0.0163 e. The molecule has 0 atom stereocenters. The number of rotatable bonds is 0. The summed E-state index contributed by atoms with van der Waals surface area (Å²) in [5.41, 5.74) is 0. The first-order valence-electron chi connectivity index (χ1n) is 4.47. The number of hydrogen-bond acceptors (Lipinski definition) is 0. The van der Waals surface area contributed by atoms with Crippen molar-refractivity contribution in [2.24, 2.45) is 0 Å². The van der Waals surface area contributed by atoms with Crippen molar-refractivity contribution < 1.29 is 0 Å². The second-order valence-corrected chi connectivity index (χ2v) is 2.72. The molecular weight excluding hydrogens is 144 g/mol. The Balaban J connectivity index is 2.42. The fourth-order valence-electron chi connectivity index (χ4n) is 0.999. The van der Waals surface area contributed by atoms with Gasteiger partial charge in [-0.25, -0.2) is 0 Å². The Morgan fingerprint density at radius 1 is 0.583 bits per heavy atom. The minimum atomic E-state index is 1.02. The van der Waals surface area contributed by atoms with E-state index in [1.54, 1.807) is 0 Å². The first-order chi connectivity index (χ1) is 6.00. The predicted octanol–water partition coefficient (Wildman–Crippen LogP) is 3.60. The highest BCUT2D eigenvalue weighted by Gasteiger charge is 1.80. The lowest BCUT2D eigenvalue weighted by atomic mass is 10.2. The van der Waals surface area contributed by atoms with Crippen molar-refractivity contribution in [1.29, 1.82) is 0 Å². The van der Waals surface area contributed by atoms with Gasteiger partial charge in [-0.1, -0.05) is 48.6 Å². The molecule has 1 aliphatic rings. The maximum atomic E-state index is 2.20. The summed E-state index contributed by atoms with van der Waals surface area (Å²) in [7, 11) is 0. The zero-order valence-corrected chi connectivity index (χ0v) is 7.32. The van der Waals surface area contributed by atoms with Gasteiger partial charge in [-0.15, -0.1) is 0 Å². The normalized spacial score (nSPS) is 29.3. The Morgan fingerprint density at radius 2 is 1.33 bits per heavy atom. The van der Waals surface area contributed by atoms with Crippen LogP contribution in [0.4, 0.5) is 0 Å². The average Bonchev–Trinajstić information content (AvgIpc) is 2.05. The maximum absolute atomic E-state index is 2.20. The van der Waals surface area contributed by atoms with Crippen molar-refractivity contribution in [3.05, 3.63) is 55.0 Å². The minimum Gasteiger partial charge on any atom is -0.0845 e. The number of hydrogen-bond donors (Lipinski definition) is 0. The molecule has 1 rings (SSSR count). The monoisotopic (exact) mass is 159 g/mol. The Hall–Kier alpha value is -1.04. The van der Waals surface area contributed by atoms with E-state index in [9.17, 15) is 0 Å². The van der Waals surface area contributed by atoms with E-state index >= 15 is 0 Å². The second kappa shape index (κ2) is 6.66. The second-order valence-electron chi connectivity index (χ2n) is 2.72. The molecule has 0 fully saturated rings. The summed E-state index contributed by atoms with van der Waals surface area (Å²) in [4.78, 5) is 0. The molecule has 0 N–H and O–H groups in total. The Bertz CT molecular complexity index is 182. The summed E-state index contributed by atoms with van der Waals surface area (Å²) >= 11 is 0. The molecule has 0 nitrogen and oxygen atoms in total. The molecule has 0 saturated carbocycles. The largest absolute Gasteiger partial charge is 0.0845 e. The molecule has 0 bridgehead atoms. The van der Waals surface area contributed by atoms with E-state index in [1.165, 1.54) is 0 Å². The molecule has 0 aromatic heterocycles. The number of allylic oxidation sites excluding steroid dienone is 8. The first kappa shape index (κ1) is 9.05. The lowest BCUT2D eigenvalue weighted by molar-refractivity contribution is 1.00. The van der Waals surface area contributed by atoms with Gasteiger partial charge in [0.2, 0.25) is 0 Å². The molecule has 1 aliphatic carbocycles. The third-order valence-corrected chi connectivity index (χ3v) is 1.65. The molecule has 63 valence electrons. The van der Waals surface area contributed by atoms with Crippen molar-refractivity contribution in [2.75, 3.05) is 0 Å². The van der Waals surface area contributed by atoms with Crippen LogP contribution in [-0.2, 0) is 0 Å². The zero-order chi connectivity index (χ0) is 8.49. The van der Waals surface area contributed by atoms with Gasteiger partial charge < -0.3 is 0 Å². The van der Waals surface area contributed by atoms with Crippen molar-refractivity contribution in [3.8, 4) is 0 Å². The van der Waals surface area contributed by atoms with E-state index in [4.69, 9.17) is 0 Å². The molecule has 0 aromatic rings. The van der Waals surface area contributed by atoms with Gasteiger partial charge >= 0.3 is 0 Å². The van der Waals surface area contributed by atoms with Crippen LogP contribution in [-0.4, -0.2) is 0 Å². The molecule has 0 saturated heterocycles. The van der Waals surface area contributed by atoms with Crippen molar-refractivity contribution in [1.82, 2.24) is 0 Å². The lowest BCUT2D eigenvalue weighted by Crippen LogP contribution is -1.70. The SMILES string of the molecule is [CH]1/C=C/C=C\C/C=C/C=C\CC1. The topological polar surface area (TPSA) is 0 Å². The van der Waals surface area contributed by atoms with Crippen LogP contribution >= 0.6 is 0 Å². The molecular formula is C12H15. The fraction of sp³-hybridized carbons (Fsp3) is 0.250. The van der Waals surface area contributed by atoms with Gasteiger partial charge in [0.25, 0.3) is 0 Å². The van der Waals surface area contributed by atoms with Gasteiger partial charge in [-0.2, -0.15) is 0 Å². The fourth-order valence-corrected chi connectivity index (χ4v) is 0.999. The van der Waals surface area contributed by atoms with Gasteiger partial charge in [0.15, 0.2) is 0 Å². The highest BCUT2D eigenvalue weighted by atomic mass is 13.9. The Morgan fingerprint density at radius 3 is 2.25 bits per heavy atom. The van der Waals surface area contributed by atoms with Crippen molar-refractivity contribution in [2.45, 2.75) is 19.3 Å². The van der Waals surface area contributed by atoms with E-state index < -0.39 is 0 Å². The van der Waals surface area contributed by atoms with E-state index in [0.29, 0.717) is 0 Å². The molecule has 0 heteroatoms. The summed E-state index contributed by atoms with van der Waals surface area (Å²) in [5.74, 6) is 0. The van der Waals surface area contributed by atoms with Gasteiger partial charge in [-0.3, -0.25) is 0 Å². The van der Waals surface area contributed by atoms with E-state index in [0.717, 1.165) is 19.3 Å². The summed E-state index contributed by atoms with van der Waals surface area (Å²) in [6.07, 6.45) is 22.5. The first-order valence-corrected chi connectivity index (χ1v) is 4.47. The molecule has 0 unspecified atom stereocenters. The average molecular weight is 159 g/mol. The van der Waals surface area contributed by atoms with Gasteiger partial charge in [-0.05, 0) is 25.7 Å². The molecule has 0 amide bonds. The predicted molar refractivity (Wildman–Crippen MR) is 54.7 cm³/mol. The molecule has 0 spiro atoms. The van der Waals surface area contributed by atoms with E-state index in [1.807, 2.05) is 0 Å². The standard InChI is InChI=1S/C12H15/c1-2-4-6-8-10-12-11-9-7-5-3-1/h1-5,8,10-12H,6-7,9H2/b3-1+,4-2-,10-8+,12-11-. The van der Waals surface area contributed by atoms with Crippen LogP contribution in [0.25, 0.3) is 0 Å². The van der Waals surface area contributed by atoms with Crippen LogP contribution in [0.5, 0.6) is 0 Å². The van der Waals surface area contributed by atoms with Crippen LogP contribution in [0.2, 0.25) is 0 Å². The molecule has 0 aliphatic heterocycles. The maximum Gasteiger partial charge on any atom is -0.0163 e. The minimum absolute atomic E-state index is 1.02. The summed E-state index contributed by atoms with van der Waals surface area (Å²) < 4.78 is 0. The third-order valence-electron chi connectivity index (χ3n) is 1.65. The summed E-state index contributed by atoms with van der Waals surface area (Å²) in [6.45, 7) is 0. The summed E-state index contributed by atoms with van der Waals surface area (Å²) in [5, 5.41) is 0. The van der Waals surface area contributed by atoms with Gasteiger partial charge in [0, 0.05) is 0 Å². The quantitative estimate of drug-likeness (QED) is 0.506. The summed E-state index contributed by atoms with van der Waals surface area (Å²) in [6, 6.07) is 0. The van der Waals surface area contributed by atoms with Crippen LogP contribution in [0, 0.1) is 6.42 Å². The van der Waals surface area contributed by atoms with Crippen LogP contribution < -0.4 is 0 Å². The van der Waals surface area contributed by atoms with Gasteiger partial charge in [0.05, 0.1) is 0 Å². The Kier molecular flexibility index (Phi) is 5.02. The van der Waals surface area contributed by atoms with Crippen LogP contribution in [0.15, 0.2) is 48.6 Å². The molecule has 0 aromatic carbocycles. The molecule has 1 radical (unpaired) electrons. The molecule has 0 heterocycles. The molecule has 12 heavy (non-hydrogen) atoms.